The number of hydrogen-bond donors (Lipinski definition) is 0. The molecule has 0 atom stereocenters. The summed E-state index contributed by atoms with van der Waals surface area (Å²) in [6, 6.07) is 9.10. The predicted octanol–water partition coefficient (Wildman–Crippen LogP) is 2.27. The SMILES string of the molecule is N#Cc1ncn(CCCOc2ccc(Cl)cc2)n1. The third-order valence-electron chi connectivity index (χ3n) is 2.25. The molecule has 0 aliphatic rings. The van der Waals surface area contributed by atoms with Crippen molar-refractivity contribution in [3.05, 3.63) is 41.4 Å². The van der Waals surface area contributed by atoms with Crippen LogP contribution in [0.25, 0.3) is 0 Å². The van der Waals surface area contributed by atoms with Crippen molar-refractivity contribution in [2.45, 2.75) is 13.0 Å². The number of aromatic nitrogens is 3. The summed E-state index contributed by atoms with van der Waals surface area (Å²) >= 11 is 5.77. The van der Waals surface area contributed by atoms with Crippen molar-refractivity contribution < 1.29 is 4.74 Å². The molecule has 2 rings (SSSR count). The van der Waals surface area contributed by atoms with Gasteiger partial charge in [0.05, 0.1) is 6.61 Å². The molecule has 18 heavy (non-hydrogen) atoms. The first-order valence-corrected chi connectivity index (χ1v) is 5.83. The fourth-order valence-corrected chi connectivity index (χ4v) is 1.53. The first-order valence-electron chi connectivity index (χ1n) is 5.46. The van der Waals surface area contributed by atoms with Gasteiger partial charge in [0, 0.05) is 18.0 Å². The zero-order valence-corrected chi connectivity index (χ0v) is 10.3. The first kappa shape index (κ1) is 12.4. The van der Waals surface area contributed by atoms with E-state index in [0.717, 1.165) is 12.2 Å². The van der Waals surface area contributed by atoms with Crippen LogP contribution in [0.2, 0.25) is 5.02 Å². The fraction of sp³-hybridized carbons (Fsp3) is 0.250. The van der Waals surface area contributed by atoms with E-state index < -0.39 is 0 Å². The Labute approximate surface area is 110 Å². The maximum absolute atomic E-state index is 8.57. The van der Waals surface area contributed by atoms with E-state index in [0.29, 0.717) is 18.2 Å². The number of nitriles is 1. The predicted molar refractivity (Wildman–Crippen MR) is 66.3 cm³/mol. The highest BCUT2D eigenvalue weighted by Gasteiger charge is 1.99. The van der Waals surface area contributed by atoms with Crippen molar-refractivity contribution in [3.8, 4) is 11.8 Å². The number of halogens is 1. The molecule has 0 N–H and O–H groups in total. The summed E-state index contributed by atoms with van der Waals surface area (Å²) in [6.07, 6.45) is 2.33. The third kappa shape index (κ3) is 3.47. The molecule has 5 nitrogen and oxygen atoms in total. The maximum Gasteiger partial charge on any atom is 0.252 e. The quantitative estimate of drug-likeness (QED) is 0.776. The van der Waals surface area contributed by atoms with Crippen LogP contribution in [0.5, 0.6) is 5.75 Å². The smallest absolute Gasteiger partial charge is 0.252 e. The van der Waals surface area contributed by atoms with E-state index in [-0.39, 0.29) is 5.82 Å². The Hall–Kier alpha value is -2.06. The molecule has 6 heteroatoms. The summed E-state index contributed by atoms with van der Waals surface area (Å²) in [7, 11) is 0. The molecule has 0 fully saturated rings. The van der Waals surface area contributed by atoms with Gasteiger partial charge in [-0.25, -0.2) is 4.98 Å². The molecule has 0 radical (unpaired) electrons. The Morgan fingerprint density at radius 3 is 2.78 bits per heavy atom. The van der Waals surface area contributed by atoms with Gasteiger partial charge in [-0.1, -0.05) is 11.6 Å². The molecule has 1 aromatic heterocycles. The average Bonchev–Trinajstić information content (AvgIpc) is 2.85. The summed E-state index contributed by atoms with van der Waals surface area (Å²) in [5, 5.41) is 13.2. The van der Waals surface area contributed by atoms with E-state index in [1.165, 1.54) is 0 Å². The van der Waals surface area contributed by atoms with Crippen molar-refractivity contribution in [2.24, 2.45) is 0 Å². The standard InChI is InChI=1S/C12H11ClN4O/c13-10-2-4-11(5-3-10)18-7-1-6-17-9-15-12(8-14)16-17/h2-5,9H,1,6-7H2. The normalized spacial score (nSPS) is 10.0. The molecule has 0 unspecified atom stereocenters. The van der Waals surface area contributed by atoms with Gasteiger partial charge in [0.15, 0.2) is 0 Å². The second-order valence-electron chi connectivity index (χ2n) is 3.60. The monoisotopic (exact) mass is 262 g/mol. The van der Waals surface area contributed by atoms with Crippen LogP contribution < -0.4 is 4.74 Å². The van der Waals surface area contributed by atoms with E-state index in [2.05, 4.69) is 10.1 Å². The van der Waals surface area contributed by atoms with Crippen LogP contribution in [0.3, 0.4) is 0 Å². The Morgan fingerprint density at radius 2 is 2.11 bits per heavy atom. The summed E-state index contributed by atoms with van der Waals surface area (Å²) in [5.41, 5.74) is 0. The molecule has 0 saturated carbocycles. The van der Waals surface area contributed by atoms with Crippen LogP contribution in [-0.2, 0) is 6.54 Å². The minimum Gasteiger partial charge on any atom is -0.494 e. The van der Waals surface area contributed by atoms with Crippen LogP contribution in [-0.4, -0.2) is 21.4 Å². The van der Waals surface area contributed by atoms with Crippen LogP contribution in [0.15, 0.2) is 30.6 Å². The van der Waals surface area contributed by atoms with Crippen LogP contribution >= 0.6 is 11.6 Å². The van der Waals surface area contributed by atoms with Crippen molar-refractivity contribution in [1.29, 1.82) is 5.26 Å². The van der Waals surface area contributed by atoms with E-state index in [4.69, 9.17) is 21.6 Å². The Kier molecular flexibility index (Phi) is 4.15. The molecule has 2 aromatic rings. The van der Waals surface area contributed by atoms with Crippen LogP contribution in [0.4, 0.5) is 0 Å². The highest BCUT2D eigenvalue weighted by atomic mass is 35.5. The van der Waals surface area contributed by atoms with Gasteiger partial charge in [-0.15, -0.1) is 5.10 Å². The Balaban J connectivity index is 1.73. The fourth-order valence-electron chi connectivity index (χ4n) is 1.40. The van der Waals surface area contributed by atoms with Gasteiger partial charge in [0.2, 0.25) is 0 Å². The summed E-state index contributed by atoms with van der Waals surface area (Å²) in [6.45, 7) is 1.24. The van der Waals surface area contributed by atoms with E-state index in [1.54, 1.807) is 23.1 Å². The van der Waals surface area contributed by atoms with Crippen LogP contribution in [0.1, 0.15) is 12.2 Å². The number of ether oxygens (including phenoxy) is 1. The number of aryl methyl sites for hydroxylation is 1. The number of benzene rings is 1. The highest BCUT2D eigenvalue weighted by molar-refractivity contribution is 6.30. The lowest BCUT2D eigenvalue weighted by molar-refractivity contribution is 0.298. The van der Waals surface area contributed by atoms with Gasteiger partial charge in [-0.05, 0) is 24.3 Å². The van der Waals surface area contributed by atoms with Crippen molar-refractivity contribution >= 4 is 11.6 Å². The number of nitrogens with zero attached hydrogens (tertiary/aromatic N) is 4. The summed E-state index contributed by atoms with van der Waals surface area (Å²) in [4.78, 5) is 3.82. The Morgan fingerprint density at radius 1 is 1.33 bits per heavy atom. The van der Waals surface area contributed by atoms with Crippen molar-refractivity contribution in [1.82, 2.24) is 14.8 Å². The molecule has 0 aliphatic carbocycles. The maximum atomic E-state index is 8.57. The molecule has 0 spiro atoms. The average molecular weight is 263 g/mol. The lowest BCUT2D eigenvalue weighted by atomic mass is 10.3. The van der Waals surface area contributed by atoms with E-state index >= 15 is 0 Å². The van der Waals surface area contributed by atoms with Gasteiger partial charge >= 0.3 is 0 Å². The molecule has 0 saturated heterocycles. The molecule has 0 amide bonds. The van der Waals surface area contributed by atoms with E-state index in [1.807, 2.05) is 18.2 Å². The zero-order valence-electron chi connectivity index (χ0n) is 9.58. The lowest BCUT2D eigenvalue weighted by Crippen LogP contribution is -2.05. The van der Waals surface area contributed by atoms with Crippen molar-refractivity contribution in [2.75, 3.05) is 6.61 Å². The third-order valence-corrected chi connectivity index (χ3v) is 2.50. The van der Waals surface area contributed by atoms with Gasteiger partial charge < -0.3 is 4.74 Å². The van der Waals surface area contributed by atoms with Crippen LogP contribution in [0, 0.1) is 11.3 Å². The molecule has 1 heterocycles. The minimum atomic E-state index is 0.189. The van der Waals surface area contributed by atoms with Gasteiger partial charge in [-0.3, -0.25) is 4.68 Å². The van der Waals surface area contributed by atoms with Gasteiger partial charge in [-0.2, -0.15) is 5.26 Å². The molecular formula is C12H11ClN4O. The molecule has 92 valence electrons. The highest BCUT2D eigenvalue weighted by Crippen LogP contribution is 2.15. The summed E-state index contributed by atoms with van der Waals surface area (Å²) < 4.78 is 7.16. The molecular weight excluding hydrogens is 252 g/mol. The molecule has 1 aromatic carbocycles. The van der Waals surface area contributed by atoms with E-state index in [9.17, 15) is 0 Å². The molecule has 0 bridgehead atoms. The topological polar surface area (TPSA) is 63.7 Å². The number of hydrogen-bond acceptors (Lipinski definition) is 4. The lowest BCUT2D eigenvalue weighted by Gasteiger charge is -2.05. The van der Waals surface area contributed by atoms with Gasteiger partial charge in [0.25, 0.3) is 5.82 Å². The van der Waals surface area contributed by atoms with Crippen molar-refractivity contribution in [3.63, 3.8) is 0 Å². The second-order valence-corrected chi connectivity index (χ2v) is 4.04. The largest absolute Gasteiger partial charge is 0.494 e. The molecule has 0 aliphatic heterocycles. The number of rotatable bonds is 5. The summed E-state index contributed by atoms with van der Waals surface area (Å²) in [5.74, 6) is 0.976. The Bertz CT molecular complexity index is 544. The minimum absolute atomic E-state index is 0.189. The first-order chi connectivity index (χ1) is 8.78. The second kappa shape index (κ2) is 6.03. The zero-order chi connectivity index (χ0) is 12.8. The van der Waals surface area contributed by atoms with Gasteiger partial charge in [0.1, 0.15) is 18.1 Å².